The van der Waals surface area contributed by atoms with Gasteiger partial charge in [0.25, 0.3) is 0 Å². The molecular weight excluding hydrogens is 1180 g/mol. The molecule has 0 spiro atoms. The van der Waals surface area contributed by atoms with E-state index in [0.717, 1.165) is 0 Å². The minimum absolute atomic E-state index is 0.0136. The Hall–Kier alpha value is -7.95. The Morgan fingerprint density at radius 3 is 1.43 bits per heavy atom. The lowest BCUT2D eigenvalue weighted by Crippen LogP contribution is -2.62. The molecular formula is C63H99N13O15. The first-order chi connectivity index (χ1) is 43.1. The zero-order valence-corrected chi connectivity index (χ0v) is 53.5. The second-order valence-electron chi connectivity index (χ2n) is 24.6. The molecule has 0 aliphatic carbocycles. The van der Waals surface area contributed by atoms with Crippen LogP contribution in [-0.4, -0.2) is 195 Å². The van der Waals surface area contributed by atoms with E-state index in [2.05, 4.69) is 42.5 Å². The number of unbranched alkanes of at least 4 members (excludes halogenated alkanes) is 2. The minimum atomic E-state index is -1.72. The van der Waals surface area contributed by atoms with E-state index in [0.29, 0.717) is 56.1 Å². The third kappa shape index (κ3) is 23.4. The smallest absolute Gasteiger partial charge is 0.326 e. The average Bonchev–Trinajstić information content (AvgIpc) is 1.88. The largest absolute Gasteiger partial charge is 0.508 e. The van der Waals surface area contributed by atoms with Crippen molar-refractivity contribution in [2.45, 2.75) is 205 Å². The van der Waals surface area contributed by atoms with Crippen molar-refractivity contribution < 1.29 is 73.2 Å². The van der Waals surface area contributed by atoms with Gasteiger partial charge < -0.3 is 90.0 Å². The Morgan fingerprint density at radius 1 is 0.516 bits per heavy atom. The molecule has 28 nitrogen and oxygen atoms in total. The summed E-state index contributed by atoms with van der Waals surface area (Å²) >= 11 is 0. The maximum atomic E-state index is 14.9. The molecule has 28 heteroatoms. The van der Waals surface area contributed by atoms with E-state index in [1.54, 1.807) is 32.9 Å². The van der Waals surface area contributed by atoms with Gasteiger partial charge in [-0.05, 0) is 144 Å². The summed E-state index contributed by atoms with van der Waals surface area (Å²) < 4.78 is 0. The van der Waals surface area contributed by atoms with Crippen molar-refractivity contribution in [2.75, 3.05) is 32.7 Å². The van der Waals surface area contributed by atoms with Crippen LogP contribution in [0.5, 0.6) is 11.5 Å². The van der Waals surface area contributed by atoms with Gasteiger partial charge in [0.15, 0.2) is 0 Å². The first-order valence-electron chi connectivity index (χ1n) is 31.7. The van der Waals surface area contributed by atoms with Crippen LogP contribution >= 0.6 is 0 Å². The van der Waals surface area contributed by atoms with Crippen LogP contribution in [-0.2, 0) is 65.6 Å². The van der Waals surface area contributed by atoms with Crippen molar-refractivity contribution in [3.05, 3.63) is 59.7 Å². The van der Waals surface area contributed by atoms with Crippen LogP contribution in [0.2, 0.25) is 0 Å². The van der Waals surface area contributed by atoms with E-state index in [-0.39, 0.29) is 95.1 Å². The molecule has 91 heavy (non-hydrogen) atoms. The van der Waals surface area contributed by atoms with E-state index in [1.807, 2.05) is 20.8 Å². The van der Waals surface area contributed by atoms with E-state index >= 15 is 0 Å². The number of benzene rings is 2. The standard InChI is InChI=1S/C63H99N13O15/c1-8-37(6)52(62(89)75-29-13-17-48(75)58(85)71-47(33-40-21-25-42(79)26-22-40)61(88)76-30-14-18-49(76)63(90)91)73-55(82)44(16-10-12-28-65)68-54(81)43(15-9-11-27-64)69-56(83)46(32-39-19-23-41(78)24-20-39)70-60(87)53(38(7)77)74-59(86)51(36(4)5)72-57(84)45(31-35(2)3)67-50(80)34-66/h19-26,35-38,43-49,51-53,77-79H,8-18,27-34,64-66H2,1-7H3,(H,67,80)(H,68,81)(H,69,83)(H,70,87)(H,71,85)(H,72,84)(H,73,82)(H,74,86)(H,90,91)/t37-,38+,43-,44-,45-,46-,47-,48-,49-,51-,52-,53-/m0/s1. The van der Waals surface area contributed by atoms with Gasteiger partial charge >= 0.3 is 5.97 Å². The minimum Gasteiger partial charge on any atom is -0.508 e. The Bertz CT molecular complexity index is 2770. The van der Waals surface area contributed by atoms with Crippen molar-refractivity contribution in [2.24, 2.45) is 35.0 Å². The fourth-order valence-electron chi connectivity index (χ4n) is 11.0. The van der Waals surface area contributed by atoms with Gasteiger partial charge in [0.05, 0.1) is 12.6 Å². The average molecular weight is 1280 g/mol. The van der Waals surface area contributed by atoms with Crippen molar-refractivity contribution in [3.63, 3.8) is 0 Å². The summed E-state index contributed by atoms with van der Waals surface area (Å²) in [6, 6.07) is -1.25. The van der Waals surface area contributed by atoms with Gasteiger partial charge in [-0.1, -0.05) is 72.2 Å². The zero-order chi connectivity index (χ0) is 67.6. The van der Waals surface area contributed by atoms with Crippen LogP contribution in [0, 0.1) is 17.8 Å². The number of phenols is 2. The molecule has 506 valence electrons. The number of hydrogen-bond donors (Lipinski definition) is 15. The quantitative estimate of drug-likeness (QED) is 0.0367. The summed E-state index contributed by atoms with van der Waals surface area (Å²) in [4.78, 5) is 156. The van der Waals surface area contributed by atoms with Gasteiger partial charge in [0, 0.05) is 25.9 Å². The number of nitrogens with zero attached hydrogens (tertiary/aromatic N) is 2. The van der Waals surface area contributed by atoms with Gasteiger partial charge in [0.2, 0.25) is 59.1 Å². The number of carboxylic acid groups (broad SMARTS) is 1. The van der Waals surface area contributed by atoms with Gasteiger partial charge in [-0.2, -0.15) is 0 Å². The summed E-state index contributed by atoms with van der Waals surface area (Å²) in [6.07, 6.45) is 1.47. The van der Waals surface area contributed by atoms with E-state index in [1.165, 1.54) is 53.1 Å². The van der Waals surface area contributed by atoms with Gasteiger partial charge in [-0.15, -0.1) is 0 Å². The Morgan fingerprint density at radius 2 is 0.956 bits per heavy atom. The molecule has 0 saturated carbocycles. The lowest BCUT2D eigenvalue weighted by molar-refractivity contribution is -0.150. The highest BCUT2D eigenvalue weighted by Crippen LogP contribution is 2.25. The van der Waals surface area contributed by atoms with Crippen LogP contribution < -0.4 is 59.7 Å². The first-order valence-corrected chi connectivity index (χ1v) is 31.7. The molecule has 2 saturated heterocycles. The molecule has 2 aliphatic heterocycles. The Labute approximate surface area is 532 Å². The Balaban J connectivity index is 1.60. The number of aromatic hydroxyl groups is 2. The molecule has 2 aromatic carbocycles. The second kappa shape index (κ2) is 37.4. The lowest BCUT2D eigenvalue weighted by atomic mass is 9.96. The Kier molecular flexibility index (Phi) is 31.0. The fraction of sp³-hybridized carbons (Fsp3) is 0.635. The zero-order valence-electron chi connectivity index (χ0n) is 53.5. The van der Waals surface area contributed by atoms with E-state index in [9.17, 15) is 73.2 Å². The number of aliphatic hydroxyl groups excluding tert-OH is 1. The van der Waals surface area contributed by atoms with Crippen LogP contribution in [0.25, 0.3) is 0 Å². The number of aliphatic carboxylic acids is 1. The van der Waals surface area contributed by atoms with Crippen molar-refractivity contribution in [1.82, 2.24) is 52.3 Å². The topological polar surface area (TPSA) is 449 Å². The molecule has 0 aromatic heterocycles. The first kappa shape index (κ1) is 75.5. The number of nitrogens with two attached hydrogens (primary N) is 3. The van der Waals surface area contributed by atoms with Gasteiger partial charge in [0.1, 0.15) is 71.9 Å². The number of amides is 10. The van der Waals surface area contributed by atoms with Crippen molar-refractivity contribution >= 4 is 65.0 Å². The maximum Gasteiger partial charge on any atom is 0.326 e. The fourth-order valence-corrected chi connectivity index (χ4v) is 11.0. The summed E-state index contributed by atoms with van der Waals surface area (Å²) in [7, 11) is 0. The molecule has 0 unspecified atom stereocenters. The van der Waals surface area contributed by atoms with Crippen molar-refractivity contribution in [3.8, 4) is 11.5 Å². The van der Waals surface area contributed by atoms with Gasteiger partial charge in [-0.25, -0.2) is 4.79 Å². The molecule has 0 radical (unpaired) electrons. The van der Waals surface area contributed by atoms with Gasteiger partial charge in [-0.3, -0.25) is 47.9 Å². The van der Waals surface area contributed by atoms with Crippen LogP contribution in [0.4, 0.5) is 0 Å². The third-order valence-corrected chi connectivity index (χ3v) is 16.4. The maximum absolute atomic E-state index is 14.9. The van der Waals surface area contributed by atoms with Crippen LogP contribution in [0.1, 0.15) is 137 Å². The van der Waals surface area contributed by atoms with E-state index < -0.39 is 143 Å². The molecule has 2 fully saturated rings. The summed E-state index contributed by atoms with van der Waals surface area (Å²) in [5.41, 5.74) is 18.2. The number of likely N-dealkylation sites (tertiary alicyclic amines) is 2. The SMILES string of the molecule is CC[C@H](C)[C@H](NC(=O)[C@H](CCCCN)NC(=O)[C@H](CCCCN)NC(=O)[C@H](Cc1ccc(O)cc1)NC(=O)[C@@H](NC(=O)[C@@H](NC(=O)[C@H](CC(C)C)NC(=O)CN)C(C)C)[C@@H](C)O)C(=O)N1CCC[C@H]1C(=O)N[C@@H](Cc1ccc(O)cc1)C(=O)N1CCC[C@H]1C(=O)O. The number of phenolic OH excluding ortho intramolecular Hbond substituents is 2. The number of aliphatic hydroxyl groups is 1. The molecule has 2 aliphatic rings. The number of rotatable bonds is 37. The summed E-state index contributed by atoms with van der Waals surface area (Å²) in [5, 5.41) is 62.4. The van der Waals surface area contributed by atoms with Crippen molar-refractivity contribution in [1.29, 1.82) is 0 Å². The molecule has 10 amide bonds. The second-order valence-corrected chi connectivity index (χ2v) is 24.6. The van der Waals surface area contributed by atoms with Crippen LogP contribution in [0.15, 0.2) is 48.5 Å². The molecule has 0 bridgehead atoms. The number of hydrogen-bond acceptors (Lipinski definition) is 17. The number of carboxylic acids is 1. The molecule has 12 atom stereocenters. The summed E-state index contributed by atoms with van der Waals surface area (Å²) in [6.45, 7) is 12.1. The lowest BCUT2D eigenvalue weighted by Gasteiger charge is -2.33. The normalized spacial score (nSPS) is 18.0. The van der Waals surface area contributed by atoms with Crippen LogP contribution in [0.3, 0.4) is 0 Å². The predicted molar refractivity (Wildman–Crippen MR) is 336 cm³/mol. The highest BCUT2D eigenvalue weighted by Gasteiger charge is 2.44. The highest BCUT2D eigenvalue weighted by atomic mass is 16.4. The monoisotopic (exact) mass is 1280 g/mol. The predicted octanol–water partition coefficient (Wildman–Crippen LogP) is -0.826. The molecule has 4 rings (SSSR count). The molecule has 2 aromatic rings. The number of nitrogens with one attached hydrogen (secondary N) is 8. The number of carbonyl (C=O) groups is 11. The highest BCUT2D eigenvalue weighted by molar-refractivity contribution is 5.99. The van der Waals surface area contributed by atoms with E-state index in [4.69, 9.17) is 17.2 Å². The third-order valence-electron chi connectivity index (χ3n) is 16.4. The molecule has 18 N–H and O–H groups in total. The summed E-state index contributed by atoms with van der Waals surface area (Å²) in [5.74, 6) is -10.0. The number of carbonyl (C=O) groups excluding carboxylic acids is 10. The molecule has 2 heterocycles.